The van der Waals surface area contributed by atoms with Gasteiger partial charge in [0, 0.05) is 22.6 Å². The smallest absolute Gasteiger partial charge is 0.404 e. The number of benzene rings is 1. The van der Waals surface area contributed by atoms with Gasteiger partial charge in [-0.15, -0.1) is 11.6 Å². The van der Waals surface area contributed by atoms with Crippen LogP contribution < -0.4 is 4.52 Å². The van der Waals surface area contributed by atoms with Crippen LogP contribution in [0, 0.1) is 17.8 Å². The van der Waals surface area contributed by atoms with Crippen molar-refractivity contribution < 1.29 is 33.4 Å². The van der Waals surface area contributed by atoms with Crippen molar-refractivity contribution >= 4 is 31.0 Å². The average Bonchev–Trinajstić information content (AvgIpc) is 2.54. The van der Waals surface area contributed by atoms with Crippen LogP contribution in [0.4, 0.5) is 0 Å². The first-order valence-corrected chi connectivity index (χ1v) is 11.6. The summed E-state index contributed by atoms with van der Waals surface area (Å²) in [5.74, 6) is -0.444. The molecule has 154 valence electrons. The van der Waals surface area contributed by atoms with E-state index in [1.54, 1.807) is 0 Å². The maximum Gasteiger partial charge on any atom is 0.524 e. The molecule has 1 aromatic carbocycles. The van der Waals surface area contributed by atoms with Gasteiger partial charge in [-0.25, -0.2) is 9.45 Å². The second-order valence-electron chi connectivity index (χ2n) is 8.50. The molecule has 1 spiro atoms. The van der Waals surface area contributed by atoms with Gasteiger partial charge in [0.1, 0.15) is 5.75 Å². The molecule has 4 aliphatic carbocycles. The van der Waals surface area contributed by atoms with E-state index in [1.807, 2.05) is 0 Å². The molecule has 1 saturated heterocycles. The molecule has 5 aliphatic rings. The maximum atomic E-state index is 11.3. The van der Waals surface area contributed by atoms with Crippen molar-refractivity contribution in [1.82, 2.24) is 0 Å². The largest absolute Gasteiger partial charge is 0.524 e. The Kier molecular flexibility index (Phi) is 4.25. The molecule has 0 amide bonds. The van der Waals surface area contributed by atoms with Crippen molar-refractivity contribution in [3.8, 4) is 5.75 Å². The second kappa shape index (κ2) is 6.08. The Bertz CT molecular complexity index is 853. The third kappa shape index (κ3) is 2.58. The lowest BCUT2D eigenvalue weighted by molar-refractivity contribution is -0.645. The normalized spacial score (nSPS) is 44.0. The number of phosphoric ester groups is 1. The van der Waals surface area contributed by atoms with Gasteiger partial charge in [-0.3, -0.25) is 9.79 Å². The van der Waals surface area contributed by atoms with Gasteiger partial charge in [-0.1, -0.05) is 11.6 Å². The van der Waals surface area contributed by atoms with Crippen LogP contribution in [-0.2, 0) is 24.9 Å². The van der Waals surface area contributed by atoms with Gasteiger partial charge in [0.2, 0.25) is 0 Å². The van der Waals surface area contributed by atoms with Crippen LogP contribution in [-0.4, -0.2) is 27.4 Å². The van der Waals surface area contributed by atoms with Gasteiger partial charge in [0.05, 0.1) is 0 Å². The number of phosphoric acid groups is 1. The third-order valence-corrected chi connectivity index (χ3v) is 8.18. The summed E-state index contributed by atoms with van der Waals surface area (Å²) in [5.41, 5.74) is -0.300. The van der Waals surface area contributed by atoms with E-state index in [-0.39, 0.29) is 22.5 Å². The van der Waals surface area contributed by atoms with Crippen molar-refractivity contribution in [3.63, 3.8) is 0 Å². The summed E-state index contributed by atoms with van der Waals surface area (Å²) >= 11 is 13.4. The summed E-state index contributed by atoms with van der Waals surface area (Å²) in [7, 11) is -3.19. The fraction of sp³-hybridized carbons (Fsp3) is 0.667. The predicted octanol–water partition coefficient (Wildman–Crippen LogP) is 4.13. The van der Waals surface area contributed by atoms with E-state index in [9.17, 15) is 4.57 Å². The van der Waals surface area contributed by atoms with Crippen molar-refractivity contribution in [2.24, 2.45) is 17.8 Å². The van der Waals surface area contributed by atoms with E-state index in [0.29, 0.717) is 16.5 Å². The van der Waals surface area contributed by atoms with E-state index < -0.39 is 19.2 Å². The van der Waals surface area contributed by atoms with Crippen LogP contribution in [0.5, 0.6) is 5.75 Å². The molecule has 1 aliphatic heterocycles. The molecule has 0 radical (unpaired) electrons. The molecule has 10 heteroatoms. The topological polar surface area (TPSA) is 94.5 Å². The van der Waals surface area contributed by atoms with E-state index in [0.717, 1.165) is 32.1 Å². The van der Waals surface area contributed by atoms with Crippen molar-refractivity contribution in [2.75, 3.05) is 7.11 Å². The average molecular weight is 451 g/mol. The molecule has 6 atom stereocenters. The minimum Gasteiger partial charge on any atom is -0.404 e. The lowest BCUT2D eigenvalue weighted by Crippen LogP contribution is -2.78. The Morgan fingerprint density at radius 1 is 1.18 bits per heavy atom. The zero-order valence-electron chi connectivity index (χ0n) is 15.1. The van der Waals surface area contributed by atoms with Crippen LogP contribution in [0.1, 0.15) is 37.7 Å². The number of halogens is 2. The van der Waals surface area contributed by atoms with Gasteiger partial charge >= 0.3 is 7.82 Å². The number of hydrogen-bond donors (Lipinski definition) is 2. The van der Waals surface area contributed by atoms with Gasteiger partial charge in [0.25, 0.3) is 5.79 Å². The number of methoxy groups -OCH3 is 1. The molecule has 4 saturated carbocycles. The van der Waals surface area contributed by atoms with Crippen LogP contribution in [0.25, 0.3) is 0 Å². The van der Waals surface area contributed by atoms with Crippen molar-refractivity contribution in [1.29, 1.82) is 0 Å². The van der Waals surface area contributed by atoms with E-state index in [1.165, 1.54) is 25.3 Å². The SMILES string of the molecule is CO[C@@]1(c2cc(OP(=O)(O)O)ccc2Cl)OOC12[C@@H]1CC3C[C@H]2CC(Cl)(C3)C1. The van der Waals surface area contributed by atoms with E-state index in [4.69, 9.17) is 52.0 Å². The first-order valence-electron chi connectivity index (χ1n) is 9.27. The molecule has 2 N–H and O–H groups in total. The molecule has 1 aromatic rings. The molecule has 5 fully saturated rings. The zero-order chi connectivity index (χ0) is 19.9. The summed E-state index contributed by atoms with van der Waals surface area (Å²) in [6, 6.07) is 4.36. The Labute approximate surface area is 172 Å². The number of rotatable bonds is 4. The number of alkyl halides is 1. The summed E-state index contributed by atoms with van der Waals surface area (Å²) in [4.78, 5) is 29.6. The highest BCUT2D eigenvalue weighted by atomic mass is 35.5. The Morgan fingerprint density at radius 2 is 1.86 bits per heavy atom. The fourth-order valence-electron chi connectivity index (χ4n) is 6.27. The number of hydrogen-bond acceptors (Lipinski definition) is 5. The zero-order valence-corrected chi connectivity index (χ0v) is 17.5. The lowest BCUT2D eigenvalue weighted by atomic mass is 9.46. The molecule has 0 aromatic heterocycles. The van der Waals surface area contributed by atoms with Gasteiger partial charge in [-0.05, 0) is 68.1 Å². The minimum absolute atomic E-state index is 0.0209. The van der Waals surface area contributed by atoms with Crippen molar-refractivity contribution in [2.45, 2.75) is 48.4 Å². The van der Waals surface area contributed by atoms with E-state index in [2.05, 4.69) is 0 Å². The lowest BCUT2D eigenvalue weighted by Gasteiger charge is -2.70. The van der Waals surface area contributed by atoms with Crippen molar-refractivity contribution in [3.05, 3.63) is 28.8 Å². The molecule has 7 nitrogen and oxygen atoms in total. The molecule has 28 heavy (non-hydrogen) atoms. The fourth-order valence-corrected chi connectivity index (χ4v) is 7.49. The van der Waals surface area contributed by atoms with Crippen LogP contribution in [0.15, 0.2) is 18.2 Å². The Hall–Kier alpha value is -0.370. The highest BCUT2D eigenvalue weighted by molar-refractivity contribution is 7.46. The van der Waals surface area contributed by atoms with E-state index >= 15 is 0 Å². The third-order valence-electron chi connectivity index (χ3n) is 6.94. The molecule has 4 bridgehead atoms. The summed E-state index contributed by atoms with van der Waals surface area (Å²) in [6.07, 6.45) is 4.62. The first-order chi connectivity index (χ1) is 13.1. The maximum absolute atomic E-state index is 11.3. The molecule has 6 rings (SSSR count). The van der Waals surface area contributed by atoms with Crippen LogP contribution >= 0.6 is 31.0 Å². The summed E-state index contributed by atoms with van der Waals surface area (Å²) in [6.45, 7) is 0. The second-order valence-corrected chi connectivity index (χ2v) is 10.9. The minimum atomic E-state index is -4.72. The summed E-state index contributed by atoms with van der Waals surface area (Å²) in [5, 5.41) is 0.344. The predicted molar refractivity (Wildman–Crippen MR) is 99.9 cm³/mol. The monoisotopic (exact) mass is 450 g/mol. The first kappa shape index (κ1) is 19.6. The standard InChI is InChI=1S/C18H21Cl2O7P/c1-24-18(14-6-13(2-3-15(14)19)25-28(21,22)23)17(26-27-18)11-4-10-5-12(17)9-16(20,7-10)8-11/h2-3,6,10-12H,4-5,7-9H2,1H3,(H2,21,22,23)/t10?,11-,12+,16?,17?,18-/m0/s1. The van der Waals surface area contributed by atoms with Crippen LogP contribution in [0.2, 0.25) is 5.02 Å². The van der Waals surface area contributed by atoms with Gasteiger partial charge in [0.15, 0.2) is 5.60 Å². The highest BCUT2D eigenvalue weighted by Crippen LogP contribution is 2.71. The Morgan fingerprint density at radius 3 is 2.36 bits per heavy atom. The van der Waals surface area contributed by atoms with Gasteiger partial charge < -0.3 is 9.26 Å². The molecular weight excluding hydrogens is 430 g/mol. The Balaban J connectivity index is 1.59. The highest BCUT2D eigenvalue weighted by Gasteiger charge is 2.78. The number of ether oxygens (including phenoxy) is 1. The molecule has 1 heterocycles. The summed E-state index contributed by atoms with van der Waals surface area (Å²) < 4.78 is 21.9. The quantitative estimate of drug-likeness (QED) is 0.404. The molecular formula is C18H21Cl2O7P. The van der Waals surface area contributed by atoms with Gasteiger partial charge in [-0.2, -0.15) is 4.89 Å². The van der Waals surface area contributed by atoms with Crippen LogP contribution in [0.3, 0.4) is 0 Å². The molecule has 3 unspecified atom stereocenters.